The number of hydrogen-bond donors (Lipinski definition) is 1. The molecule has 1 amide bonds. The van der Waals surface area contributed by atoms with E-state index in [4.69, 9.17) is 14.2 Å². The molecule has 4 rings (SSSR count). The molecule has 0 atom stereocenters. The number of rotatable bonds is 8. The van der Waals surface area contributed by atoms with Crippen LogP contribution in [-0.4, -0.2) is 43.7 Å². The zero-order valence-electron chi connectivity index (χ0n) is 17.3. The number of hydrogen-bond acceptors (Lipinski definition) is 6. The van der Waals surface area contributed by atoms with E-state index in [0.29, 0.717) is 17.1 Å². The first-order valence-corrected chi connectivity index (χ1v) is 10.3. The monoisotopic (exact) mass is 420 g/mol. The number of benzene rings is 2. The van der Waals surface area contributed by atoms with Crippen LogP contribution >= 0.6 is 0 Å². The molecule has 1 N–H and O–H groups in total. The molecule has 0 aliphatic heterocycles. The van der Waals surface area contributed by atoms with Crippen LogP contribution in [0.4, 0.5) is 0 Å². The standard InChI is InChI=1S/C24H24N2O5/c1-29-20-11-4-5-12-21(20)30-14-13-25-22(27)15-31-24(28)23-16-7-2-3-9-18(16)26-19-10-6-8-17(19)23/h2-5,7,9,11-12H,6,8,10,13-15H2,1H3,(H,25,27). The van der Waals surface area contributed by atoms with Gasteiger partial charge >= 0.3 is 5.97 Å². The van der Waals surface area contributed by atoms with Crippen LogP contribution in [0.3, 0.4) is 0 Å². The highest BCUT2D eigenvalue weighted by Crippen LogP contribution is 2.30. The third kappa shape index (κ3) is 4.60. The van der Waals surface area contributed by atoms with Gasteiger partial charge in [0.25, 0.3) is 5.91 Å². The summed E-state index contributed by atoms with van der Waals surface area (Å²) in [5.74, 6) is 0.355. The number of nitrogens with one attached hydrogen (secondary N) is 1. The lowest BCUT2D eigenvalue weighted by atomic mass is 10.0. The molecule has 0 bridgehead atoms. The number of carbonyl (C=O) groups is 2. The largest absolute Gasteiger partial charge is 0.493 e. The molecular weight excluding hydrogens is 396 g/mol. The summed E-state index contributed by atoms with van der Waals surface area (Å²) < 4.78 is 16.2. The Kier molecular flexibility index (Phi) is 6.31. The molecule has 0 radical (unpaired) electrons. The maximum absolute atomic E-state index is 12.8. The van der Waals surface area contributed by atoms with Gasteiger partial charge in [-0.3, -0.25) is 9.78 Å². The van der Waals surface area contributed by atoms with Gasteiger partial charge in [0.15, 0.2) is 18.1 Å². The van der Waals surface area contributed by atoms with Gasteiger partial charge < -0.3 is 19.5 Å². The second kappa shape index (κ2) is 9.47. The molecule has 3 aromatic rings. The van der Waals surface area contributed by atoms with Crippen LogP contribution in [0.2, 0.25) is 0 Å². The molecule has 7 nitrogen and oxygen atoms in total. The second-order valence-electron chi connectivity index (χ2n) is 7.21. The Morgan fingerprint density at radius 1 is 1.03 bits per heavy atom. The highest BCUT2D eigenvalue weighted by Gasteiger charge is 2.25. The molecular formula is C24H24N2O5. The average molecular weight is 420 g/mol. The third-order valence-electron chi connectivity index (χ3n) is 5.21. The van der Waals surface area contributed by atoms with Crippen LogP contribution in [0.15, 0.2) is 48.5 Å². The first kappa shape index (κ1) is 20.7. The normalized spacial score (nSPS) is 12.3. The van der Waals surface area contributed by atoms with Gasteiger partial charge in [0, 0.05) is 11.1 Å². The van der Waals surface area contributed by atoms with Crippen LogP contribution in [0.25, 0.3) is 10.9 Å². The average Bonchev–Trinajstić information content (AvgIpc) is 3.27. The highest BCUT2D eigenvalue weighted by molar-refractivity contribution is 6.05. The van der Waals surface area contributed by atoms with Crippen molar-refractivity contribution < 1.29 is 23.8 Å². The van der Waals surface area contributed by atoms with Gasteiger partial charge in [0.2, 0.25) is 0 Å². The number of nitrogens with zero attached hydrogens (tertiary/aromatic N) is 1. The lowest BCUT2D eigenvalue weighted by Crippen LogP contribution is -2.32. The predicted octanol–water partition coefficient (Wildman–Crippen LogP) is 3.08. The first-order valence-electron chi connectivity index (χ1n) is 10.3. The van der Waals surface area contributed by atoms with Crippen molar-refractivity contribution in [3.05, 3.63) is 65.4 Å². The minimum Gasteiger partial charge on any atom is -0.493 e. The molecule has 0 spiro atoms. The first-order chi connectivity index (χ1) is 15.2. The fourth-order valence-corrected chi connectivity index (χ4v) is 3.79. The van der Waals surface area contributed by atoms with Crippen LogP contribution < -0.4 is 14.8 Å². The number of para-hydroxylation sites is 3. The van der Waals surface area contributed by atoms with Gasteiger partial charge in [-0.2, -0.15) is 0 Å². The summed E-state index contributed by atoms with van der Waals surface area (Å²) in [6.07, 6.45) is 2.61. The van der Waals surface area contributed by atoms with E-state index in [1.165, 1.54) is 0 Å². The molecule has 0 fully saturated rings. The van der Waals surface area contributed by atoms with E-state index in [2.05, 4.69) is 10.3 Å². The topological polar surface area (TPSA) is 86.8 Å². The van der Waals surface area contributed by atoms with Gasteiger partial charge in [0.05, 0.1) is 24.7 Å². The number of pyridine rings is 1. The van der Waals surface area contributed by atoms with E-state index in [9.17, 15) is 9.59 Å². The van der Waals surface area contributed by atoms with Crippen molar-refractivity contribution in [1.82, 2.24) is 10.3 Å². The van der Waals surface area contributed by atoms with Crippen molar-refractivity contribution in [3.8, 4) is 11.5 Å². The van der Waals surface area contributed by atoms with E-state index in [-0.39, 0.29) is 25.7 Å². The van der Waals surface area contributed by atoms with Gasteiger partial charge in [-0.15, -0.1) is 0 Å². The minimum absolute atomic E-state index is 0.266. The van der Waals surface area contributed by atoms with Gasteiger partial charge in [-0.25, -0.2) is 4.79 Å². The number of fused-ring (bicyclic) bond motifs is 2. The summed E-state index contributed by atoms with van der Waals surface area (Å²) >= 11 is 0. The van der Waals surface area contributed by atoms with E-state index >= 15 is 0 Å². The predicted molar refractivity (Wildman–Crippen MR) is 116 cm³/mol. The van der Waals surface area contributed by atoms with Gasteiger partial charge in [0.1, 0.15) is 6.61 Å². The molecule has 2 aromatic carbocycles. The summed E-state index contributed by atoms with van der Waals surface area (Å²) in [6.45, 7) is 0.198. The maximum Gasteiger partial charge on any atom is 0.339 e. The minimum atomic E-state index is -0.489. The van der Waals surface area contributed by atoms with Crippen LogP contribution in [0.1, 0.15) is 28.0 Å². The Hall–Kier alpha value is -3.61. The number of carbonyl (C=O) groups excluding carboxylic acids is 2. The zero-order chi connectivity index (χ0) is 21.6. The Bertz CT molecular complexity index is 1110. The summed E-state index contributed by atoms with van der Waals surface area (Å²) in [7, 11) is 1.57. The fraction of sp³-hybridized carbons (Fsp3) is 0.292. The van der Waals surface area contributed by atoms with Gasteiger partial charge in [-0.05, 0) is 43.0 Å². The molecule has 1 aromatic heterocycles. The molecule has 160 valence electrons. The van der Waals surface area contributed by atoms with Crippen LogP contribution in [-0.2, 0) is 22.4 Å². The number of aromatic nitrogens is 1. The second-order valence-corrected chi connectivity index (χ2v) is 7.21. The summed E-state index contributed by atoms with van der Waals surface area (Å²) in [4.78, 5) is 29.6. The molecule has 31 heavy (non-hydrogen) atoms. The summed E-state index contributed by atoms with van der Waals surface area (Å²) in [6, 6.07) is 14.8. The van der Waals surface area contributed by atoms with E-state index in [0.717, 1.165) is 41.4 Å². The number of ether oxygens (including phenoxy) is 3. The Balaban J connectivity index is 1.32. The van der Waals surface area contributed by atoms with E-state index < -0.39 is 5.97 Å². The number of methoxy groups -OCH3 is 1. The zero-order valence-corrected chi connectivity index (χ0v) is 17.3. The Morgan fingerprint density at radius 3 is 2.65 bits per heavy atom. The number of amides is 1. The van der Waals surface area contributed by atoms with Crippen LogP contribution in [0, 0.1) is 0 Å². The van der Waals surface area contributed by atoms with Gasteiger partial charge in [-0.1, -0.05) is 30.3 Å². The molecule has 7 heteroatoms. The quantitative estimate of drug-likeness (QED) is 0.445. The Morgan fingerprint density at radius 2 is 1.81 bits per heavy atom. The molecule has 1 heterocycles. The smallest absolute Gasteiger partial charge is 0.339 e. The molecule has 0 unspecified atom stereocenters. The van der Waals surface area contributed by atoms with E-state index in [1.54, 1.807) is 19.2 Å². The maximum atomic E-state index is 12.8. The van der Waals surface area contributed by atoms with Crippen molar-refractivity contribution in [1.29, 1.82) is 0 Å². The van der Waals surface area contributed by atoms with Crippen molar-refractivity contribution in [3.63, 3.8) is 0 Å². The number of esters is 1. The lowest BCUT2D eigenvalue weighted by Gasteiger charge is -2.13. The van der Waals surface area contributed by atoms with E-state index in [1.807, 2.05) is 36.4 Å². The molecule has 0 saturated heterocycles. The SMILES string of the molecule is COc1ccccc1OCCNC(=O)COC(=O)c1c2c(nc3ccccc13)CCC2. The molecule has 1 aliphatic rings. The molecule has 0 saturated carbocycles. The summed E-state index contributed by atoms with van der Waals surface area (Å²) in [5, 5.41) is 3.46. The number of aryl methyl sites for hydroxylation is 1. The lowest BCUT2D eigenvalue weighted by molar-refractivity contribution is -0.124. The van der Waals surface area contributed by atoms with Crippen molar-refractivity contribution in [2.45, 2.75) is 19.3 Å². The van der Waals surface area contributed by atoms with Crippen molar-refractivity contribution >= 4 is 22.8 Å². The summed E-state index contributed by atoms with van der Waals surface area (Å²) in [5.41, 5.74) is 3.19. The fourth-order valence-electron chi connectivity index (χ4n) is 3.79. The van der Waals surface area contributed by atoms with Crippen molar-refractivity contribution in [2.24, 2.45) is 0 Å². The van der Waals surface area contributed by atoms with Crippen LogP contribution in [0.5, 0.6) is 11.5 Å². The highest BCUT2D eigenvalue weighted by atomic mass is 16.5. The molecule has 1 aliphatic carbocycles. The van der Waals surface area contributed by atoms with Crippen molar-refractivity contribution in [2.75, 3.05) is 26.9 Å². The Labute approximate surface area is 180 Å². The third-order valence-corrected chi connectivity index (χ3v) is 5.21.